The fourth-order valence-corrected chi connectivity index (χ4v) is 6.07. The Morgan fingerprint density at radius 3 is 2.80 bits per heavy atom. The molecular formula is C27H30F2N8O3. The molecule has 1 amide bonds. The van der Waals surface area contributed by atoms with Crippen molar-refractivity contribution in [1.82, 2.24) is 24.5 Å². The van der Waals surface area contributed by atoms with E-state index in [1.807, 2.05) is 0 Å². The SMILES string of the molecule is N#Cc1cnc2c(Nc3ccc(C(=O)N4C[C@H]5CC[C@@H]4C5)c(OCC(F)F)n3)cc(N[C@@H]3CCCC[C@H]3O)nn12. The molecule has 40 heavy (non-hydrogen) atoms. The van der Waals surface area contributed by atoms with Crippen LogP contribution in [0.1, 0.15) is 61.0 Å². The number of carbonyl (C=O) groups is 1. The van der Waals surface area contributed by atoms with E-state index in [9.17, 15) is 23.9 Å². The van der Waals surface area contributed by atoms with Gasteiger partial charge >= 0.3 is 0 Å². The van der Waals surface area contributed by atoms with Crippen LogP contribution in [0.4, 0.5) is 26.1 Å². The Morgan fingerprint density at radius 2 is 2.08 bits per heavy atom. The lowest BCUT2D eigenvalue weighted by atomic mass is 9.92. The number of piperidine rings is 1. The number of nitrogens with one attached hydrogen (secondary N) is 2. The minimum Gasteiger partial charge on any atom is -0.471 e. The number of nitrogens with zero attached hydrogens (tertiary/aromatic N) is 6. The number of hydrogen-bond acceptors (Lipinski definition) is 9. The van der Waals surface area contributed by atoms with Gasteiger partial charge in [0.1, 0.15) is 23.3 Å². The third kappa shape index (κ3) is 5.11. The number of hydrogen-bond donors (Lipinski definition) is 3. The number of aliphatic hydroxyl groups is 1. The van der Waals surface area contributed by atoms with Crippen molar-refractivity contribution in [3.63, 3.8) is 0 Å². The smallest absolute Gasteiger partial charge is 0.272 e. The van der Waals surface area contributed by atoms with Crippen molar-refractivity contribution in [3.05, 3.63) is 35.7 Å². The Bertz CT molecular complexity index is 1460. The molecule has 2 bridgehead atoms. The second-order valence-corrected chi connectivity index (χ2v) is 10.7. The largest absolute Gasteiger partial charge is 0.471 e. The Balaban J connectivity index is 1.31. The maximum Gasteiger partial charge on any atom is 0.272 e. The molecule has 0 unspecified atom stereocenters. The van der Waals surface area contributed by atoms with E-state index in [0.717, 1.165) is 38.5 Å². The van der Waals surface area contributed by atoms with Gasteiger partial charge in [-0.25, -0.2) is 13.8 Å². The van der Waals surface area contributed by atoms with Gasteiger partial charge in [0.15, 0.2) is 17.9 Å². The lowest BCUT2D eigenvalue weighted by Crippen LogP contribution is -2.38. The zero-order chi connectivity index (χ0) is 27.8. The number of likely N-dealkylation sites (tertiary alicyclic amines) is 1. The molecule has 0 radical (unpaired) electrons. The number of halogens is 2. The molecular weight excluding hydrogens is 522 g/mol. The number of aliphatic hydroxyl groups excluding tert-OH is 1. The van der Waals surface area contributed by atoms with Gasteiger partial charge in [0.25, 0.3) is 12.3 Å². The summed E-state index contributed by atoms with van der Waals surface area (Å²) in [4.78, 5) is 23.9. The monoisotopic (exact) mass is 552 g/mol. The molecule has 6 rings (SSSR count). The number of pyridine rings is 1. The third-order valence-electron chi connectivity index (χ3n) is 8.01. The number of nitriles is 1. The highest BCUT2D eigenvalue weighted by Crippen LogP contribution is 2.39. The van der Waals surface area contributed by atoms with E-state index in [2.05, 4.69) is 31.8 Å². The molecule has 0 aromatic carbocycles. The lowest BCUT2D eigenvalue weighted by molar-refractivity contribution is 0.0664. The summed E-state index contributed by atoms with van der Waals surface area (Å²) < 4.78 is 32.8. The van der Waals surface area contributed by atoms with Gasteiger partial charge in [-0.2, -0.15) is 14.8 Å². The number of amides is 1. The van der Waals surface area contributed by atoms with Crippen LogP contribution in [-0.4, -0.2) is 73.3 Å². The molecule has 3 aliphatic rings. The summed E-state index contributed by atoms with van der Waals surface area (Å²) in [5, 5.41) is 30.9. The molecule has 4 atom stereocenters. The van der Waals surface area contributed by atoms with Crippen molar-refractivity contribution in [1.29, 1.82) is 5.26 Å². The van der Waals surface area contributed by atoms with E-state index >= 15 is 0 Å². The third-order valence-corrected chi connectivity index (χ3v) is 8.01. The van der Waals surface area contributed by atoms with Crippen LogP contribution in [0.15, 0.2) is 24.4 Å². The van der Waals surface area contributed by atoms with Crippen LogP contribution in [0.25, 0.3) is 5.65 Å². The molecule has 0 spiro atoms. The number of anilines is 3. The van der Waals surface area contributed by atoms with Gasteiger partial charge in [0.05, 0.1) is 24.0 Å². The van der Waals surface area contributed by atoms with Crippen LogP contribution in [-0.2, 0) is 0 Å². The number of alkyl halides is 2. The minimum absolute atomic E-state index is 0.139. The average molecular weight is 553 g/mol. The Kier molecular flexibility index (Phi) is 7.10. The van der Waals surface area contributed by atoms with Crippen molar-refractivity contribution in [2.75, 3.05) is 23.8 Å². The number of rotatable bonds is 8. The predicted molar refractivity (Wildman–Crippen MR) is 141 cm³/mol. The summed E-state index contributed by atoms with van der Waals surface area (Å²) in [5.74, 6) is 0.689. The summed E-state index contributed by atoms with van der Waals surface area (Å²) >= 11 is 0. The van der Waals surface area contributed by atoms with Crippen LogP contribution in [0.3, 0.4) is 0 Å². The lowest BCUT2D eigenvalue weighted by Gasteiger charge is -2.28. The molecule has 210 valence electrons. The molecule has 3 N–H and O–H groups in total. The summed E-state index contributed by atoms with van der Waals surface area (Å²) in [6.07, 6.45) is 4.55. The van der Waals surface area contributed by atoms with Crippen molar-refractivity contribution < 1.29 is 23.4 Å². The van der Waals surface area contributed by atoms with E-state index in [-0.39, 0.29) is 40.9 Å². The van der Waals surface area contributed by atoms with Crippen LogP contribution >= 0.6 is 0 Å². The van der Waals surface area contributed by atoms with Gasteiger partial charge in [-0.1, -0.05) is 12.8 Å². The number of imidazole rings is 1. The van der Waals surface area contributed by atoms with Crippen molar-refractivity contribution in [2.45, 2.75) is 69.6 Å². The predicted octanol–water partition coefficient (Wildman–Crippen LogP) is 3.72. The Labute approximate surface area is 229 Å². The number of aromatic nitrogens is 4. The van der Waals surface area contributed by atoms with Crippen LogP contribution in [0, 0.1) is 17.2 Å². The zero-order valence-electron chi connectivity index (χ0n) is 21.8. The zero-order valence-corrected chi connectivity index (χ0v) is 21.8. The quantitative estimate of drug-likeness (QED) is 0.381. The fourth-order valence-electron chi connectivity index (χ4n) is 6.07. The number of carbonyl (C=O) groups excluding carboxylic acids is 1. The Morgan fingerprint density at radius 1 is 1.23 bits per heavy atom. The first kappa shape index (κ1) is 26.2. The van der Waals surface area contributed by atoms with Gasteiger partial charge in [-0.15, -0.1) is 5.10 Å². The first-order valence-electron chi connectivity index (χ1n) is 13.6. The summed E-state index contributed by atoms with van der Waals surface area (Å²) in [5.41, 5.74) is 1.13. The second-order valence-electron chi connectivity index (χ2n) is 10.7. The molecule has 1 aliphatic heterocycles. The first-order chi connectivity index (χ1) is 19.4. The second kappa shape index (κ2) is 10.8. The first-order valence-corrected chi connectivity index (χ1v) is 13.6. The topological polar surface area (TPSA) is 141 Å². The van der Waals surface area contributed by atoms with Crippen molar-refractivity contribution in [2.24, 2.45) is 5.92 Å². The van der Waals surface area contributed by atoms with Crippen molar-refractivity contribution in [3.8, 4) is 11.9 Å². The van der Waals surface area contributed by atoms with Crippen LogP contribution in [0.5, 0.6) is 5.88 Å². The van der Waals surface area contributed by atoms with Crippen LogP contribution < -0.4 is 15.4 Å². The number of fused-ring (bicyclic) bond motifs is 3. The molecule has 2 aliphatic carbocycles. The highest BCUT2D eigenvalue weighted by molar-refractivity contribution is 5.97. The number of ether oxygens (including phenoxy) is 1. The molecule has 2 saturated carbocycles. The molecule has 3 aromatic heterocycles. The molecule has 3 aromatic rings. The average Bonchev–Trinajstić information content (AvgIpc) is 3.69. The van der Waals surface area contributed by atoms with E-state index in [4.69, 9.17) is 4.74 Å². The van der Waals surface area contributed by atoms with Gasteiger partial charge in [0.2, 0.25) is 5.88 Å². The molecule has 11 nitrogen and oxygen atoms in total. The normalized spacial score (nSPS) is 23.9. The summed E-state index contributed by atoms with van der Waals surface area (Å²) in [7, 11) is 0. The van der Waals surface area contributed by atoms with E-state index in [1.165, 1.54) is 16.8 Å². The standard InChI is InChI=1S/C27H30F2N8O3/c28-22(29)14-40-26-18(27(39)36-13-15-5-6-16(36)9-15)7-8-23(34-26)33-20-10-24(32-19-3-1-2-4-21(19)38)35-37-17(11-30)12-31-25(20)37/h7-8,10,12,15-16,19,21-22,38H,1-6,9,13-14H2,(H,32,35)(H,33,34)/t15-,16+,19+,21+/m0/s1. The molecule has 1 saturated heterocycles. The van der Waals surface area contributed by atoms with Gasteiger partial charge < -0.3 is 25.4 Å². The van der Waals surface area contributed by atoms with Crippen molar-refractivity contribution >= 4 is 28.9 Å². The van der Waals surface area contributed by atoms with E-state index in [1.54, 1.807) is 17.0 Å². The highest BCUT2D eigenvalue weighted by Gasteiger charge is 2.41. The maximum absolute atomic E-state index is 13.4. The highest BCUT2D eigenvalue weighted by atomic mass is 19.3. The molecule has 4 heterocycles. The van der Waals surface area contributed by atoms with Gasteiger partial charge in [0, 0.05) is 18.7 Å². The van der Waals surface area contributed by atoms with Gasteiger partial charge in [-0.3, -0.25) is 4.79 Å². The fraction of sp³-hybridized carbons (Fsp3) is 0.519. The molecule has 3 fully saturated rings. The van der Waals surface area contributed by atoms with E-state index < -0.39 is 19.1 Å². The minimum atomic E-state index is -2.73. The molecule has 13 heteroatoms. The maximum atomic E-state index is 13.4. The summed E-state index contributed by atoms with van der Waals surface area (Å²) in [6, 6.07) is 6.83. The Hall–Kier alpha value is -4.05. The summed E-state index contributed by atoms with van der Waals surface area (Å²) in [6.45, 7) is -0.245. The van der Waals surface area contributed by atoms with Gasteiger partial charge in [-0.05, 0) is 50.2 Å². The van der Waals surface area contributed by atoms with E-state index in [0.29, 0.717) is 36.0 Å². The van der Waals surface area contributed by atoms with Crippen LogP contribution in [0.2, 0.25) is 0 Å².